The molecule has 6 nitrogen and oxygen atoms in total. The summed E-state index contributed by atoms with van der Waals surface area (Å²) in [6.07, 6.45) is 1.12. The summed E-state index contributed by atoms with van der Waals surface area (Å²) >= 11 is 0. The van der Waals surface area contributed by atoms with E-state index in [0.717, 1.165) is 63.0 Å². The first kappa shape index (κ1) is 13.2. The van der Waals surface area contributed by atoms with Crippen LogP contribution >= 0.6 is 0 Å². The van der Waals surface area contributed by atoms with Crippen LogP contribution in [0.5, 0.6) is 0 Å². The van der Waals surface area contributed by atoms with E-state index in [0.29, 0.717) is 0 Å². The summed E-state index contributed by atoms with van der Waals surface area (Å²) in [4.78, 5) is 9.13. The van der Waals surface area contributed by atoms with Crippen LogP contribution < -0.4 is 10.6 Å². The highest BCUT2D eigenvalue weighted by molar-refractivity contribution is 5.30. The van der Waals surface area contributed by atoms with Gasteiger partial charge in [0.2, 0.25) is 5.95 Å². The Hall–Kier alpha value is -1.27. The number of nitrogens with zero attached hydrogens (tertiary/aromatic N) is 5. The van der Waals surface area contributed by atoms with E-state index in [1.54, 1.807) is 0 Å². The van der Waals surface area contributed by atoms with Gasteiger partial charge in [-0.2, -0.15) is 5.10 Å². The van der Waals surface area contributed by atoms with Crippen molar-refractivity contribution < 1.29 is 0 Å². The van der Waals surface area contributed by atoms with Crippen LogP contribution in [-0.2, 0) is 0 Å². The van der Waals surface area contributed by atoms with Gasteiger partial charge < -0.3 is 15.5 Å². The zero-order valence-corrected chi connectivity index (χ0v) is 11.3. The Morgan fingerprint density at radius 3 is 2.61 bits per heavy atom. The molecule has 100 valence electrons. The number of hydrogen-bond acceptors (Lipinski definition) is 6. The molecule has 0 unspecified atom stereocenters. The van der Waals surface area contributed by atoms with Gasteiger partial charge in [-0.1, -0.05) is 0 Å². The third-order valence-corrected chi connectivity index (χ3v) is 3.40. The van der Waals surface area contributed by atoms with Crippen molar-refractivity contribution in [2.75, 3.05) is 44.2 Å². The van der Waals surface area contributed by atoms with Crippen LogP contribution in [0.3, 0.4) is 0 Å². The van der Waals surface area contributed by atoms with Crippen molar-refractivity contribution in [2.24, 2.45) is 5.73 Å². The molecule has 2 N–H and O–H groups in total. The number of nitrogens with two attached hydrogens (primary N) is 1. The minimum Gasteiger partial charge on any atom is -0.338 e. The summed E-state index contributed by atoms with van der Waals surface area (Å²) in [5.41, 5.74) is 7.47. The van der Waals surface area contributed by atoms with Gasteiger partial charge in [0.05, 0.1) is 11.4 Å². The Balaban J connectivity index is 2.02. The molecular formula is C12H22N6. The molecule has 18 heavy (non-hydrogen) atoms. The molecule has 1 aliphatic heterocycles. The Labute approximate surface area is 108 Å². The van der Waals surface area contributed by atoms with E-state index in [2.05, 4.69) is 25.0 Å². The fourth-order valence-corrected chi connectivity index (χ4v) is 2.16. The first-order chi connectivity index (χ1) is 8.70. The van der Waals surface area contributed by atoms with Gasteiger partial charge in [0.25, 0.3) is 0 Å². The summed E-state index contributed by atoms with van der Waals surface area (Å²) < 4.78 is 0. The highest BCUT2D eigenvalue weighted by Gasteiger charge is 2.17. The lowest BCUT2D eigenvalue weighted by Gasteiger charge is -2.21. The summed E-state index contributed by atoms with van der Waals surface area (Å²) in [5.74, 6) is 0.757. The molecule has 0 spiro atoms. The molecule has 0 radical (unpaired) electrons. The molecule has 1 fully saturated rings. The van der Waals surface area contributed by atoms with E-state index >= 15 is 0 Å². The molecule has 1 aliphatic rings. The largest absolute Gasteiger partial charge is 0.338 e. The molecule has 0 aliphatic carbocycles. The molecular weight excluding hydrogens is 228 g/mol. The highest BCUT2D eigenvalue weighted by atomic mass is 15.3. The van der Waals surface area contributed by atoms with Gasteiger partial charge in [-0.25, -0.2) is 4.98 Å². The van der Waals surface area contributed by atoms with Gasteiger partial charge in [-0.15, -0.1) is 5.10 Å². The van der Waals surface area contributed by atoms with Crippen LogP contribution in [0, 0.1) is 13.8 Å². The van der Waals surface area contributed by atoms with E-state index in [-0.39, 0.29) is 0 Å². The van der Waals surface area contributed by atoms with E-state index in [9.17, 15) is 0 Å². The summed E-state index contributed by atoms with van der Waals surface area (Å²) in [5, 5.41) is 8.35. The van der Waals surface area contributed by atoms with Gasteiger partial charge in [-0.05, 0) is 26.8 Å². The molecule has 0 saturated carbocycles. The Bertz CT molecular complexity index is 394. The van der Waals surface area contributed by atoms with Crippen molar-refractivity contribution in [3.63, 3.8) is 0 Å². The molecule has 0 atom stereocenters. The van der Waals surface area contributed by atoms with E-state index in [1.807, 2.05) is 13.8 Å². The molecule has 1 aromatic rings. The monoisotopic (exact) mass is 250 g/mol. The number of anilines is 1. The smallest absolute Gasteiger partial charge is 0.245 e. The van der Waals surface area contributed by atoms with E-state index in [4.69, 9.17) is 5.73 Å². The molecule has 6 heteroatoms. The SMILES string of the molecule is Cc1nnc(N2CCCN(CCN)CC2)nc1C. The zero-order chi connectivity index (χ0) is 13.0. The molecule has 2 rings (SSSR count). The summed E-state index contributed by atoms with van der Waals surface area (Å²) in [6.45, 7) is 9.67. The van der Waals surface area contributed by atoms with Crippen LogP contribution in [0.15, 0.2) is 0 Å². The third kappa shape index (κ3) is 3.14. The number of rotatable bonds is 3. The van der Waals surface area contributed by atoms with Crippen LogP contribution in [0.2, 0.25) is 0 Å². The molecule has 1 saturated heterocycles. The van der Waals surface area contributed by atoms with Crippen LogP contribution in [-0.4, -0.2) is 59.3 Å². The second-order valence-electron chi connectivity index (χ2n) is 4.75. The maximum absolute atomic E-state index is 5.60. The highest BCUT2D eigenvalue weighted by Crippen LogP contribution is 2.11. The van der Waals surface area contributed by atoms with Crippen molar-refractivity contribution in [3.05, 3.63) is 11.4 Å². The number of aryl methyl sites for hydroxylation is 2. The van der Waals surface area contributed by atoms with E-state index in [1.165, 1.54) is 0 Å². The molecule has 0 amide bonds. The van der Waals surface area contributed by atoms with Crippen LogP contribution in [0.1, 0.15) is 17.8 Å². The van der Waals surface area contributed by atoms with Crippen LogP contribution in [0.25, 0.3) is 0 Å². The predicted octanol–water partition coefficient (Wildman–Crippen LogP) is -0.0408. The van der Waals surface area contributed by atoms with Gasteiger partial charge in [0.1, 0.15) is 0 Å². The lowest BCUT2D eigenvalue weighted by Crippen LogP contribution is -2.34. The van der Waals surface area contributed by atoms with Crippen molar-refractivity contribution in [1.29, 1.82) is 0 Å². The standard InChI is InChI=1S/C12H22N6/c1-10-11(2)15-16-12(14-10)18-6-3-5-17(7-4-13)8-9-18/h3-9,13H2,1-2H3. The fraction of sp³-hybridized carbons (Fsp3) is 0.750. The third-order valence-electron chi connectivity index (χ3n) is 3.40. The van der Waals surface area contributed by atoms with Gasteiger partial charge in [0.15, 0.2) is 0 Å². The fourth-order valence-electron chi connectivity index (χ4n) is 2.16. The van der Waals surface area contributed by atoms with Crippen molar-refractivity contribution >= 4 is 5.95 Å². The lowest BCUT2D eigenvalue weighted by atomic mass is 10.3. The first-order valence-corrected chi connectivity index (χ1v) is 6.56. The number of hydrogen-bond donors (Lipinski definition) is 1. The normalized spacial score (nSPS) is 17.8. The summed E-state index contributed by atoms with van der Waals surface area (Å²) in [6, 6.07) is 0. The zero-order valence-electron chi connectivity index (χ0n) is 11.3. The first-order valence-electron chi connectivity index (χ1n) is 6.56. The van der Waals surface area contributed by atoms with E-state index < -0.39 is 0 Å². The molecule has 2 heterocycles. The average Bonchev–Trinajstić information content (AvgIpc) is 2.59. The van der Waals surface area contributed by atoms with Crippen LogP contribution in [0.4, 0.5) is 5.95 Å². The van der Waals surface area contributed by atoms with Gasteiger partial charge in [-0.3, -0.25) is 0 Å². The van der Waals surface area contributed by atoms with Crippen molar-refractivity contribution in [2.45, 2.75) is 20.3 Å². The molecule has 1 aromatic heterocycles. The maximum Gasteiger partial charge on any atom is 0.245 e. The minimum absolute atomic E-state index is 0.724. The molecule has 0 bridgehead atoms. The van der Waals surface area contributed by atoms with Gasteiger partial charge in [0, 0.05) is 32.7 Å². The lowest BCUT2D eigenvalue weighted by molar-refractivity contribution is 0.302. The Kier molecular flexibility index (Phi) is 4.43. The molecule has 0 aromatic carbocycles. The van der Waals surface area contributed by atoms with Gasteiger partial charge >= 0.3 is 0 Å². The second kappa shape index (κ2) is 6.06. The second-order valence-corrected chi connectivity index (χ2v) is 4.75. The Morgan fingerprint density at radius 2 is 1.89 bits per heavy atom. The van der Waals surface area contributed by atoms with Crippen molar-refractivity contribution in [3.8, 4) is 0 Å². The topological polar surface area (TPSA) is 71.2 Å². The predicted molar refractivity (Wildman–Crippen MR) is 71.6 cm³/mol. The minimum atomic E-state index is 0.724. The average molecular weight is 250 g/mol. The quantitative estimate of drug-likeness (QED) is 0.811. The van der Waals surface area contributed by atoms with Crippen molar-refractivity contribution in [1.82, 2.24) is 20.1 Å². The maximum atomic E-state index is 5.60. The number of aromatic nitrogens is 3. The summed E-state index contributed by atoms with van der Waals surface area (Å²) in [7, 11) is 0. The Morgan fingerprint density at radius 1 is 1.06 bits per heavy atom.